The van der Waals surface area contributed by atoms with E-state index < -0.39 is 53.3 Å². The fourth-order valence-electron chi connectivity index (χ4n) is 3.78. The number of carbonyl (C=O) groups is 3. The Labute approximate surface area is 207 Å². The van der Waals surface area contributed by atoms with Gasteiger partial charge in [0.2, 0.25) is 11.0 Å². The van der Waals surface area contributed by atoms with Crippen LogP contribution in [0.2, 0.25) is 0 Å². The minimum atomic E-state index is -1.47. The second kappa shape index (κ2) is 10.6. The van der Waals surface area contributed by atoms with E-state index in [9.17, 15) is 29.6 Å². The third-order valence-corrected chi connectivity index (χ3v) is 5.06. The molecule has 3 N–H and O–H groups in total. The zero-order chi connectivity index (χ0) is 26.7. The van der Waals surface area contributed by atoms with Gasteiger partial charge in [0.25, 0.3) is 5.69 Å². The zero-order valence-electron chi connectivity index (χ0n) is 19.1. The molecular weight excluding hydrogens is 502 g/mol. The number of aromatic nitrogens is 1. The van der Waals surface area contributed by atoms with E-state index in [0.29, 0.717) is 0 Å². The Morgan fingerprint density at radius 1 is 1.17 bits per heavy atom. The van der Waals surface area contributed by atoms with Crippen molar-refractivity contribution < 1.29 is 43.4 Å². The Morgan fingerprint density at radius 3 is 2.33 bits per heavy atom. The molecule has 2 aromatic rings. The van der Waals surface area contributed by atoms with Gasteiger partial charge in [0, 0.05) is 38.3 Å². The first kappa shape index (κ1) is 26.4. The molecule has 1 fully saturated rings. The summed E-state index contributed by atoms with van der Waals surface area (Å²) in [5, 5.41) is 29.7. The Morgan fingerprint density at radius 2 is 1.78 bits per heavy atom. The number of nitro benzene ring substituents is 1. The van der Waals surface area contributed by atoms with Crippen molar-refractivity contribution in [3.8, 4) is 5.88 Å². The monoisotopic (exact) mass is 523 g/mol. The van der Waals surface area contributed by atoms with Crippen LogP contribution < -0.4 is 5.73 Å². The van der Waals surface area contributed by atoms with Crippen LogP contribution in [-0.2, 0) is 33.3 Å². The molecule has 2 heterocycles. The highest BCUT2D eigenvalue weighted by Gasteiger charge is 2.49. The zero-order valence-corrected chi connectivity index (χ0v) is 20.0. The number of rotatable bonds is 6. The normalized spacial score (nSPS) is 21.8. The summed E-state index contributed by atoms with van der Waals surface area (Å²) < 4.78 is 22.7. The molecule has 1 aromatic carbocycles. The number of ether oxygens (including phenoxy) is 4. The molecule has 0 unspecified atom stereocenters. The van der Waals surface area contributed by atoms with Crippen molar-refractivity contribution in [2.45, 2.75) is 45.3 Å². The maximum absolute atomic E-state index is 12.0. The van der Waals surface area contributed by atoms with E-state index in [1.165, 1.54) is 12.1 Å². The van der Waals surface area contributed by atoms with Gasteiger partial charge in [-0.2, -0.15) is 0 Å². The first-order valence-corrected chi connectivity index (χ1v) is 10.7. The molecule has 15 nitrogen and oxygen atoms in total. The van der Waals surface area contributed by atoms with Crippen molar-refractivity contribution in [1.82, 2.24) is 4.57 Å². The van der Waals surface area contributed by atoms with Gasteiger partial charge in [-0.25, -0.2) is 0 Å². The smallest absolute Gasteiger partial charge is 0.303 e. The van der Waals surface area contributed by atoms with E-state index in [1.54, 1.807) is 0 Å². The van der Waals surface area contributed by atoms with E-state index in [4.69, 9.17) is 24.7 Å². The number of nitrogens with two attached hydrogens (primary N) is 1. The third-order valence-electron chi connectivity index (χ3n) is 4.97. The van der Waals surface area contributed by atoms with Gasteiger partial charge < -0.3 is 29.8 Å². The topological polar surface area (TPSA) is 207 Å². The number of hydrogen-bond donors (Lipinski definition) is 2. The first-order chi connectivity index (χ1) is 16.9. The number of carbonyl (C=O) groups excluding carboxylic acids is 3. The Balaban J connectivity index is 2.25. The van der Waals surface area contributed by atoms with Crippen molar-refractivity contribution >= 4 is 57.5 Å². The Kier molecular flexibility index (Phi) is 7.79. The maximum atomic E-state index is 12.0. The molecule has 3 rings (SSSR count). The predicted octanol–water partition coefficient (Wildman–Crippen LogP) is 1.91. The maximum Gasteiger partial charge on any atom is 0.303 e. The summed E-state index contributed by atoms with van der Waals surface area (Å²) in [6, 6.07) is 3.62. The molecule has 1 aromatic heterocycles. The number of fused-ring (bicyclic) bond motifs is 1. The number of azo groups is 1. The highest BCUT2D eigenvalue weighted by Crippen LogP contribution is 2.45. The highest BCUT2D eigenvalue weighted by atomic mass is 32.1. The lowest BCUT2D eigenvalue weighted by molar-refractivity contribution is -0.384. The quantitative estimate of drug-likeness (QED) is 0.139. The summed E-state index contributed by atoms with van der Waals surface area (Å²) in [6.07, 6.45) is -5.40. The van der Waals surface area contributed by atoms with Crippen molar-refractivity contribution in [2.24, 2.45) is 16.0 Å². The van der Waals surface area contributed by atoms with Crippen molar-refractivity contribution in [2.75, 3.05) is 6.61 Å². The number of esters is 3. The van der Waals surface area contributed by atoms with Crippen LogP contribution in [0, 0.1) is 10.1 Å². The molecule has 1 aliphatic rings. The number of aromatic hydroxyl groups is 1. The number of non-ortho nitro benzene ring substituents is 1. The van der Waals surface area contributed by atoms with E-state index >= 15 is 0 Å². The predicted molar refractivity (Wildman–Crippen MR) is 123 cm³/mol. The van der Waals surface area contributed by atoms with Crippen molar-refractivity contribution in [3.05, 3.63) is 28.3 Å². The number of thiocarbonyl (C=S) groups is 1. The van der Waals surface area contributed by atoms with Crippen molar-refractivity contribution in [1.29, 1.82) is 0 Å². The molecule has 0 radical (unpaired) electrons. The Bertz CT molecular complexity index is 1280. The molecule has 1 saturated heterocycles. The van der Waals surface area contributed by atoms with Gasteiger partial charge in [-0.1, -0.05) is 0 Å². The van der Waals surface area contributed by atoms with Crippen LogP contribution in [0.3, 0.4) is 0 Å². The van der Waals surface area contributed by atoms with Crippen LogP contribution in [0.4, 0.5) is 11.4 Å². The fraction of sp³-hybridized carbons (Fsp3) is 0.400. The standard InChI is InChI=1S/C20H21N5O10S/c1-8(26)33-14-7-32-19(17(35-10(3)28)16(14)34-9(2)27)24-13-6-11(25(30)31)4-5-12(13)15(18(24)29)22-23-20(21)36/h4-6,14,16-17,19,29H,7H2,1-3H3,(H2,21,36)/t14-,16+,17-,19+/m1/s1. The second-order valence-electron chi connectivity index (χ2n) is 7.56. The molecular formula is C20H21N5O10S. The van der Waals surface area contributed by atoms with Crippen LogP contribution in [0.25, 0.3) is 10.9 Å². The average Bonchev–Trinajstić information content (AvgIpc) is 3.04. The lowest BCUT2D eigenvalue weighted by Gasteiger charge is -2.41. The Hall–Kier alpha value is -4.18. The van der Waals surface area contributed by atoms with Gasteiger partial charge in [0.1, 0.15) is 0 Å². The molecule has 192 valence electrons. The molecule has 16 heteroatoms. The number of hydrogen-bond acceptors (Lipinski definition) is 12. The molecule has 4 atom stereocenters. The fourth-order valence-corrected chi connectivity index (χ4v) is 3.82. The molecule has 0 spiro atoms. The second-order valence-corrected chi connectivity index (χ2v) is 7.98. The SMILES string of the molecule is CC(=O)O[C@@H]1[C@@H](OC(C)=O)[C@@H](n2c(O)c(N=NC(N)=S)c3ccc([N+](=O)[O-])cc32)OC[C@H]1OC(C)=O. The van der Waals surface area contributed by atoms with Gasteiger partial charge in [-0.3, -0.25) is 29.1 Å². The molecule has 0 amide bonds. The van der Waals surface area contributed by atoms with Gasteiger partial charge >= 0.3 is 17.9 Å². The molecule has 0 saturated carbocycles. The van der Waals surface area contributed by atoms with Gasteiger partial charge in [-0.05, 0) is 18.3 Å². The first-order valence-electron chi connectivity index (χ1n) is 10.3. The minimum absolute atomic E-state index is 0.0354. The van der Waals surface area contributed by atoms with Gasteiger partial charge in [-0.15, -0.1) is 10.2 Å². The van der Waals surface area contributed by atoms with Crippen LogP contribution >= 0.6 is 12.2 Å². The summed E-state index contributed by atoms with van der Waals surface area (Å²) in [7, 11) is 0. The summed E-state index contributed by atoms with van der Waals surface area (Å²) in [5.74, 6) is -2.91. The number of nitrogens with zero attached hydrogens (tertiary/aromatic N) is 4. The lowest BCUT2D eigenvalue weighted by atomic mass is 10.0. The van der Waals surface area contributed by atoms with Gasteiger partial charge in [0.05, 0.1) is 17.0 Å². The summed E-state index contributed by atoms with van der Waals surface area (Å²) in [5.41, 5.74) is 4.90. The lowest BCUT2D eigenvalue weighted by Crippen LogP contribution is -2.55. The highest BCUT2D eigenvalue weighted by molar-refractivity contribution is 7.80. The van der Waals surface area contributed by atoms with Crippen LogP contribution in [0.5, 0.6) is 5.88 Å². The molecule has 1 aliphatic heterocycles. The third kappa shape index (κ3) is 5.55. The molecule has 36 heavy (non-hydrogen) atoms. The summed E-state index contributed by atoms with van der Waals surface area (Å²) in [6.45, 7) is 2.96. The van der Waals surface area contributed by atoms with E-state index in [1.807, 2.05) is 0 Å². The van der Waals surface area contributed by atoms with Gasteiger partial charge in [0.15, 0.2) is 30.2 Å². The van der Waals surface area contributed by atoms with Crippen molar-refractivity contribution in [3.63, 3.8) is 0 Å². The minimum Gasteiger partial charge on any atom is -0.493 e. The summed E-state index contributed by atoms with van der Waals surface area (Å²) >= 11 is 4.68. The summed E-state index contributed by atoms with van der Waals surface area (Å²) in [4.78, 5) is 46.2. The largest absolute Gasteiger partial charge is 0.493 e. The van der Waals surface area contributed by atoms with Crippen LogP contribution in [-0.4, -0.2) is 62.5 Å². The number of nitro groups is 1. The number of benzene rings is 1. The van der Waals surface area contributed by atoms with Crippen LogP contribution in [0.15, 0.2) is 28.4 Å². The average molecular weight is 523 g/mol. The van der Waals surface area contributed by atoms with E-state index in [2.05, 4.69) is 22.4 Å². The van der Waals surface area contributed by atoms with Crippen LogP contribution in [0.1, 0.15) is 27.0 Å². The molecule has 0 aliphatic carbocycles. The van der Waals surface area contributed by atoms with E-state index in [0.717, 1.165) is 31.4 Å². The van der Waals surface area contributed by atoms with E-state index in [-0.39, 0.29) is 34.0 Å². The molecule has 0 bridgehead atoms.